The van der Waals surface area contributed by atoms with Crippen LogP contribution in [0.4, 0.5) is 5.69 Å². The van der Waals surface area contributed by atoms with Gasteiger partial charge in [0.25, 0.3) is 0 Å². The van der Waals surface area contributed by atoms with E-state index in [0.29, 0.717) is 35.6 Å². The summed E-state index contributed by atoms with van der Waals surface area (Å²) in [6, 6.07) is 12.5. The Balaban J connectivity index is 1.81. The van der Waals surface area contributed by atoms with Crippen molar-refractivity contribution in [3.05, 3.63) is 59.2 Å². The minimum atomic E-state index is -0.282. The number of nitrogens with two attached hydrogens (primary N) is 1. The number of anilines is 1. The van der Waals surface area contributed by atoms with Crippen molar-refractivity contribution >= 4 is 23.2 Å². The normalized spacial score (nSPS) is 16.5. The smallest absolute Gasteiger partial charge is 0.227 e. The first-order valence-corrected chi connectivity index (χ1v) is 9.41. The van der Waals surface area contributed by atoms with E-state index in [1.807, 2.05) is 19.1 Å². The molecule has 1 atom stereocenters. The molecular formula is C22H25N3O3. The van der Waals surface area contributed by atoms with Crippen molar-refractivity contribution in [2.24, 2.45) is 11.7 Å². The van der Waals surface area contributed by atoms with E-state index < -0.39 is 0 Å². The molecule has 0 saturated carbocycles. The van der Waals surface area contributed by atoms with E-state index in [0.717, 1.165) is 12.0 Å². The van der Waals surface area contributed by atoms with Crippen molar-refractivity contribution in [3.63, 3.8) is 0 Å². The topological polar surface area (TPSA) is 96.5 Å². The van der Waals surface area contributed by atoms with Crippen LogP contribution < -0.4 is 15.4 Å². The molecule has 1 unspecified atom stereocenters. The number of amides is 1. The molecule has 1 amide bonds. The standard InChI is InChI=1S/C22H25N3O3/c1-3-4-16-11-20(26)25(2)19-10-9-17(12-18(19)21(16)27)28-13-14-5-7-15(8-6-14)22(23)24/h5-10,12,16H,3-4,11,13H2,1-2H3,(H3,23,24). The van der Waals surface area contributed by atoms with Crippen LogP contribution in [0.1, 0.15) is 47.7 Å². The molecule has 6 heteroatoms. The van der Waals surface area contributed by atoms with Crippen molar-refractivity contribution in [3.8, 4) is 5.75 Å². The van der Waals surface area contributed by atoms with Crippen LogP contribution in [-0.2, 0) is 11.4 Å². The Morgan fingerprint density at radius 1 is 1.21 bits per heavy atom. The van der Waals surface area contributed by atoms with Gasteiger partial charge in [-0.25, -0.2) is 0 Å². The number of nitrogens with zero attached hydrogens (tertiary/aromatic N) is 1. The minimum Gasteiger partial charge on any atom is -0.489 e. The Kier molecular flexibility index (Phi) is 5.78. The SMILES string of the molecule is CCCC1CC(=O)N(C)c2ccc(OCc3ccc(C(=N)N)cc3)cc2C1=O. The van der Waals surface area contributed by atoms with Crippen molar-refractivity contribution in [2.45, 2.75) is 32.8 Å². The number of amidine groups is 1. The average Bonchev–Trinajstić information content (AvgIpc) is 2.78. The van der Waals surface area contributed by atoms with Gasteiger partial charge in [0, 0.05) is 30.5 Å². The molecule has 2 aromatic carbocycles. The molecule has 1 aliphatic rings. The highest BCUT2D eigenvalue weighted by Crippen LogP contribution is 2.33. The number of fused-ring (bicyclic) bond motifs is 1. The highest BCUT2D eigenvalue weighted by Gasteiger charge is 2.31. The van der Waals surface area contributed by atoms with Crippen molar-refractivity contribution in [1.82, 2.24) is 0 Å². The average molecular weight is 379 g/mol. The molecule has 146 valence electrons. The maximum absolute atomic E-state index is 13.0. The number of benzene rings is 2. The second-order valence-corrected chi connectivity index (χ2v) is 7.08. The molecule has 28 heavy (non-hydrogen) atoms. The molecule has 6 nitrogen and oxygen atoms in total. The summed E-state index contributed by atoms with van der Waals surface area (Å²) in [6.07, 6.45) is 1.80. The molecule has 1 heterocycles. The van der Waals surface area contributed by atoms with Gasteiger partial charge >= 0.3 is 0 Å². The Bertz CT molecular complexity index is 906. The summed E-state index contributed by atoms with van der Waals surface area (Å²) in [5, 5.41) is 7.43. The summed E-state index contributed by atoms with van der Waals surface area (Å²) >= 11 is 0. The molecule has 2 aromatic rings. The number of Topliss-reactive ketones (excluding diaryl/α,β-unsaturated/α-hetero) is 1. The number of hydrogen-bond acceptors (Lipinski definition) is 4. The zero-order valence-electron chi connectivity index (χ0n) is 16.2. The second kappa shape index (κ2) is 8.25. The zero-order chi connectivity index (χ0) is 20.3. The molecule has 0 aliphatic carbocycles. The molecule has 3 N–H and O–H groups in total. The Morgan fingerprint density at radius 2 is 1.93 bits per heavy atom. The lowest BCUT2D eigenvalue weighted by atomic mass is 9.91. The molecule has 0 aromatic heterocycles. The van der Waals surface area contributed by atoms with Crippen LogP contribution in [0.15, 0.2) is 42.5 Å². The van der Waals surface area contributed by atoms with Crippen LogP contribution in [-0.4, -0.2) is 24.6 Å². The van der Waals surface area contributed by atoms with Gasteiger partial charge in [0.1, 0.15) is 18.2 Å². The van der Waals surface area contributed by atoms with E-state index >= 15 is 0 Å². The largest absolute Gasteiger partial charge is 0.489 e. The number of hydrogen-bond donors (Lipinski definition) is 2. The van der Waals surface area contributed by atoms with Gasteiger partial charge in [-0.05, 0) is 30.2 Å². The van der Waals surface area contributed by atoms with Crippen molar-refractivity contribution < 1.29 is 14.3 Å². The van der Waals surface area contributed by atoms with Gasteiger partial charge in [0.05, 0.1) is 5.69 Å². The van der Waals surface area contributed by atoms with Gasteiger partial charge in [-0.2, -0.15) is 0 Å². The van der Waals surface area contributed by atoms with Gasteiger partial charge in [0.15, 0.2) is 5.78 Å². The number of carbonyl (C=O) groups is 2. The number of nitrogens with one attached hydrogen (secondary N) is 1. The second-order valence-electron chi connectivity index (χ2n) is 7.08. The summed E-state index contributed by atoms with van der Waals surface area (Å²) in [5.41, 5.74) is 8.23. The monoisotopic (exact) mass is 379 g/mol. The summed E-state index contributed by atoms with van der Waals surface area (Å²) in [5.74, 6) is 0.295. The van der Waals surface area contributed by atoms with Crippen LogP contribution in [0.2, 0.25) is 0 Å². The molecular weight excluding hydrogens is 354 g/mol. The first-order chi connectivity index (χ1) is 13.4. The summed E-state index contributed by atoms with van der Waals surface area (Å²) < 4.78 is 5.86. The van der Waals surface area contributed by atoms with Gasteiger partial charge in [-0.15, -0.1) is 0 Å². The van der Waals surface area contributed by atoms with E-state index in [1.165, 1.54) is 0 Å². The van der Waals surface area contributed by atoms with Gasteiger partial charge < -0.3 is 15.4 Å². The van der Waals surface area contributed by atoms with E-state index in [4.69, 9.17) is 15.9 Å². The summed E-state index contributed by atoms with van der Waals surface area (Å²) in [6.45, 7) is 2.35. The summed E-state index contributed by atoms with van der Waals surface area (Å²) in [7, 11) is 1.71. The highest BCUT2D eigenvalue weighted by atomic mass is 16.5. The Labute approximate surface area is 164 Å². The van der Waals surface area contributed by atoms with Gasteiger partial charge in [-0.1, -0.05) is 37.6 Å². The first-order valence-electron chi connectivity index (χ1n) is 9.41. The van der Waals surface area contributed by atoms with Gasteiger partial charge in [0.2, 0.25) is 5.91 Å². The lowest BCUT2D eigenvalue weighted by molar-refractivity contribution is -0.118. The number of rotatable bonds is 6. The molecule has 0 fully saturated rings. The van der Waals surface area contributed by atoms with E-state index in [9.17, 15) is 9.59 Å². The first kappa shape index (κ1) is 19.6. The molecule has 3 rings (SSSR count). The van der Waals surface area contributed by atoms with Crippen molar-refractivity contribution in [2.75, 3.05) is 11.9 Å². The van der Waals surface area contributed by atoms with Crippen LogP contribution >= 0.6 is 0 Å². The van der Waals surface area contributed by atoms with Crippen LogP contribution in [0.5, 0.6) is 5.75 Å². The lowest BCUT2D eigenvalue weighted by Crippen LogP contribution is -2.26. The van der Waals surface area contributed by atoms with E-state index in [2.05, 4.69) is 0 Å². The fourth-order valence-corrected chi connectivity index (χ4v) is 3.42. The van der Waals surface area contributed by atoms with Gasteiger partial charge in [-0.3, -0.25) is 15.0 Å². The summed E-state index contributed by atoms with van der Waals surface area (Å²) in [4.78, 5) is 26.9. The molecule has 0 bridgehead atoms. The van der Waals surface area contributed by atoms with E-state index in [1.54, 1.807) is 42.3 Å². The third-order valence-electron chi connectivity index (χ3n) is 5.07. The zero-order valence-corrected chi connectivity index (χ0v) is 16.2. The lowest BCUT2D eigenvalue weighted by Gasteiger charge is -2.17. The molecule has 1 aliphatic heterocycles. The van der Waals surface area contributed by atoms with E-state index in [-0.39, 0.29) is 29.9 Å². The minimum absolute atomic E-state index is 0.00538. The third-order valence-corrected chi connectivity index (χ3v) is 5.07. The van der Waals surface area contributed by atoms with Crippen LogP contribution in [0, 0.1) is 11.3 Å². The van der Waals surface area contributed by atoms with Crippen LogP contribution in [0.3, 0.4) is 0 Å². The number of ketones is 1. The number of ether oxygens (including phenoxy) is 1. The van der Waals surface area contributed by atoms with Crippen LogP contribution in [0.25, 0.3) is 0 Å². The maximum Gasteiger partial charge on any atom is 0.227 e. The Hall–Kier alpha value is -3.15. The molecule has 0 radical (unpaired) electrons. The maximum atomic E-state index is 13.0. The highest BCUT2D eigenvalue weighted by molar-refractivity contribution is 6.11. The number of nitrogen functional groups attached to an aromatic ring is 1. The molecule has 0 saturated heterocycles. The fourth-order valence-electron chi connectivity index (χ4n) is 3.42. The van der Waals surface area contributed by atoms with Crippen molar-refractivity contribution in [1.29, 1.82) is 5.41 Å². The fraction of sp³-hybridized carbons (Fsp3) is 0.318. The predicted molar refractivity (Wildman–Crippen MR) is 109 cm³/mol. The number of carbonyl (C=O) groups excluding carboxylic acids is 2. The predicted octanol–water partition coefficient (Wildman–Crippen LogP) is 3.52. The quantitative estimate of drug-likeness (QED) is 0.593. The Morgan fingerprint density at radius 3 is 2.57 bits per heavy atom. The molecule has 0 spiro atoms. The third kappa shape index (κ3) is 4.06.